The minimum absolute atomic E-state index is 0.00831. The summed E-state index contributed by atoms with van der Waals surface area (Å²) >= 11 is 0. The molecule has 0 saturated carbocycles. The average Bonchev–Trinajstić information content (AvgIpc) is 2.85. The van der Waals surface area contributed by atoms with E-state index in [0.717, 1.165) is 5.56 Å². The van der Waals surface area contributed by atoms with Gasteiger partial charge in [-0.3, -0.25) is 9.59 Å². The molecule has 7 heteroatoms. The van der Waals surface area contributed by atoms with Gasteiger partial charge in [0.1, 0.15) is 23.3 Å². The molecule has 1 atom stereocenters. The van der Waals surface area contributed by atoms with Crippen LogP contribution in [0.4, 0.5) is 5.69 Å². The molecule has 3 aromatic rings. The number of amides is 2. The summed E-state index contributed by atoms with van der Waals surface area (Å²) in [7, 11) is 0. The predicted octanol–water partition coefficient (Wildman–Crippen LogP) is 4.88. The Bertz CT molecular complexity index is 1090. The van der Waals surface area contributed by atoms with Gasteiger partial charge < -0.3 is 24.9 Å². The maximum Gasteiger partial charge on any atom is 0.249 e. The molecule has 0 radical (unpaired) electrons. The zero-order chi connectivity index (χ0) is 24.9. The quantitative estimate of drug-likeness (QED) is 0.368. The van der Waals surface area contributed by atoms with Gasteiger partial charge in [0.2, 0.25) is 11.8 Å². The molecule has 1 unspecified atom stereocenters. The first-order valence-electron chi connectivity index (χ1n) is 11.5. The molecule has 0 aliphatic carbocycles. The Morgan fingerprint density at radius 3 is 2.09 bits per heavy atom. The summed E-state index contributed by atoms with van der Waals surface area (Å²) in [4.78, 5) is 36.5. The fraction of sp³-hybridized carbons (Fsp3) is 0.250. The Morgan fingerprint density at radius 2 is 1.43 bits per heavy atom. The van der Waals surface area contributed by atoms with Gasteiger partial charge in [-0.1, -0.05) is 48.5 Å². The zero-order valence-electron chi connectivity index (χ0n) is 19.7. The molecule has 0 aromatic heterocycles. The second-order valence-corrected chi connectivity index (χ2v) is 8.11. The first-order valence-corrected chi connectivity index (χ1v) is 11.5. The van der Waals surface area contributed by atoms with Crippen molar-refractivity contribution >= 4 is 23.3 Å². The number of Topliss-reactive ketones (excluding diaryl/α,β-unsaturated/α-hetero) is 1. The van der Waals surface area contributed by atoms with Crippen molar-refractivity contribution in [3.8, 4) is 11.5 Å². The number of carbonyl (C=O) groups is 3. The number of para-hydroxylation sites is 1. The van der Waals surface area contributed by atoms with Gasteiger partial charge in [0, 0.05) is 18.5 Å². The summed E-state index contributed by atoms with van der Waals surface area (Å²) < 4.78 is 11.5. The number of anilines is 1. The van der Waals surface area contributed by atoms with Gasteiger partial charge in [0.05, 0.1) is 13.2 Å². The Kier molecular flexibility index (Phi) is 10.0. The van der Waals surface area contributed by atoms with Crippen LogP contribution in [0.3, 0.4) is 0 Å². The number of hydrogen-bond acceptors (Lipinski definition) is 5. The Labute approximate surface area is 205 Å². The second kappa shape index (κ2) is 13.7. The zero-order valence-corrected chi connectivity index (χ0v) is 19.7. The van der Waals surface area contributed by atoms with Crippen LogP contribution in [0.25, 0.3) is 0 Å². The highest BCUT2D eigenvalue weighted by atomic mass is 16.5. The third-order valence-corrected chi connectivity index (χ3v) is 5.08. The van der Waals surface area contributed by atoms with E-state index in [9.17, 15) is 14.4 Å². The Hall–Kier alpha value is -3.97. The maximum absolute atomic E-state index is 13.0. The average molecular weight is 475 g/mol. The van der Waals surface area contributed by atoms with Crippen LogP contribution in [-0.4, -0.2) is 30.2 Å². The van der Waals surface area contributed by atoms with E-state index in [1.165, 1.54) is 6.92 Å². The van der Waals surface area contributed by atoms with Crippen molar-refractivity contribution in [3.63, 3.8) is 0 Å². The SMILES string of the molecule is CC(=O)CCCC(=O)NC(COCc1ccccc1)C(=O)Nc1ccc(Oc2ccccc2)cc1. The van der Waals surface area contributed by atoms with E-state index in [2.05, 4.69) is 10.6 Å². The number of hydrogen-bond donors (Lipinski definition) is 2. The molecular weight excluding hydrogens is 444 g/mol. The number of carbonyl (C=O) groups excluding carboxylic acids is 3. The van der Waals surface area contributed by atoms with Gasteiger partial charge in [0.15, 0.2) is 0 Å². The van der Waals surface area contributed by atoms with E-state index in [1.54, 1.807) is 24.3 Å². The third kappa shape index (κ3) is 9.43. The topological polar surface area (TPSA) is 93.7 Å². The van der Waals surface area contributed by atoms with Crippen LogP contribution in [0.5, 0.6) is 11.5 Å². The number of ether oxygens (including phenoxy) is 2. The molecule has 0 spiro atoms. The van der Waals surface area contributed by atoms with Gasteiger partial charge >= 0.3 is 0 Å². The number of rotatable bonds is 13. The summed E-state index contributed by atoms with van der Waals surface area (Å²) in [5.74, 6) is 0.678. The second-order valence-electron chi connectivity index (χ2n) is 8.11. The summed E-state index contributed by atoms with van der Waals surface area (Å²) in [6.45, 7) is 1.81. The van der Waals surface area contributed by atoms with Crippen molar-refractivity contribution in [2.45, 2.75) is 38.8 Å². The van der Waals surface area contributed by atoms with Crippen LogP contribution in [0.1, 0.15) is 31.7 Å². The van der Waals surface area contributed by atoms with Crippen LogP contribution in [0, 0.1) is 0 Å². The Balaban J connectivity index is 1.58. The van der Waals surface area contributed by atoms with E-state index in [4.69, 9.17) is 9.47 Å². The summed E-state index contributed by atoms with van der Waals surface area (Å²) in [6.07, 6.45) is 0.920. The molecule has 3 aromatic carbocycles. The fourth-order valence-corrected chi connectivity index (χ4v) is 3.28. The molecule has 0 fully saturated rings. The first kappa shape index (κ1) is 25.6. The lowest BCUT2D eigenvalue weighted by molar-refractivity contribution is -0.128. The molecular formula is C28H30N2O5. The van der Waals surface area contributed by atoms with Crippen molar-refractivity contribution in [1.29, 1.82) is 0 Å². The largest absolute Gasteiger partial charge is 0.457 e. The predicted molar refractivity (Wildman–Crippen MR) is 134 cm³/mol. The molecule has 2 amide bonds. The molecule has 7 nitrogen and oxygen atoms in total. The van der Waals surface area contributed by atoms with Crippen LogP contribution < -0.4 is 15.4 Å². The van der Waals surface area contributed by atoms with Crippen molar-refractivity contribution < 1.29 is 23.9 Å². The standard InChI is InChI=1S/C28H30N2O5/c1-21(31)9-8-14-27(32)30-26(20-34-19-22-10-4-2-5-11-22)28(33)29-23-15-17-25(18-16-23)35-24-12-6-3-7-13-24/h2-7,10-13,15-18,26H,8-9,14,19-20H2,1H3,(H,29,33)(H,30,32). The number of nitrogens with one attached hydrogen (secondary N) is 2. The number of benzene rings is 3. The summed E-state index contributed by atoms with van der Waals surface area (Å²) in [5, 5.41) is 5.55. The molecule has 0 saturated heterocycles. The summed E-state index contributed by atoms with van der Waals surface area (Å²) in [6, 6.07) is 25.1. The van der Waals surface area contributed by atoms with Crippen LogP contribution in [0.2, 0.25) is 0 Å². The van der Waals surface area contributed by atoms with Crippen molar-refractivity contribution in [2.75, 3.05) is 11.9 Å². The smallest absolute Gasteiger partial charge is 0.249 e. The molecule has 2 N–H and O–H groups in total. The van der Waals surface area contributed by atoms with Gasteiger partial charge in [-0.25, -0.2) is 0 Å². The van der Waals surface area contributed by atoms with Crippen LogP contribution >= 0.6 is 0 Å². The van der Waals surface area contributed by atoms with E-state index in [-0.39, 0.29) is 24.7 Å². The highest BCUT2D eigenvalue weighted by molar-refractivity contribution is 5.97. The number of ketones is 1. The third-order valence-electron chi connectivity index (χ3n) is 5.08. The molecule has 0 bridgehead atoms. The minimum Gasteiger partial charge on any atom is -0.457 e. The highest BCUT2D eigenvalue weighted by Gasteiger charge is 2.21. The van der Waals surface area contributed by atoms with Gasteiger partial charge in [-0.05, 0) is 55.3 Å². The van der Waals surface area contributed by atoms with E-state index >= 15 is 0 Å². The van der Waals surface area contributed by atoms with E-state index < -0.39 is 11.9 Å². The van der Waals surface area contributed by atoms with Crippen LogP contribution in [-0.2, 0) is 25.7 Å². The lowest BCUT2D eigenvalue weighted by Crippen LogP contribution is -2.46. The summed E-state index contributed by atoms with van der Waals surface area (Å²) in [5.41, 5.74) is 1.53. The van der Waals surface area contributed by atoms with E-state index in [1.807, 2.05) is 60.7 Å². The normalized spacial score (nSPS) is 11.3. The minimum atomic E-state index is -0.885. The van der Waals surface area contributed by atoms with Gasteiger partial charge in [-0.2, -0.15) is 0 Å². The lowest BCUT2D eigenvalue weighted by Gasteiger charge is -2.19. The first-order chi connectivity index (χ1) is 17.0. The molecule has 0 heterocycles. The molecule has 3 rings (SSSR count). The Morgan fingerprint density at radius 1 is 0.800 bits per heavy atom. The van der Waals surface area contributed by atoms with Crippen molar-refractivity contribution in [1.82, 2.24) is 5.32 Å². The molecule has 0 aliphatic rings. The fourth-order valence-electron chi connectivity index (χ4n) is 3.28. The van der Waals surface area contributed by atoms with Gasteiger partial charge in [-0.15, -0.1) is 0 Å². The molecule has 35 heavy (non-hydrogen) atoms. The van der Waals surface area contributed by atoms with E-state index in [0.29, 0.717) is 36.6 Å². The van der Waals surface area contributed by atoms with Crippen LogP contribution in [0.15, 0.2) is 84.9 Å². The van der Waals surface area contributed by atoms with Gasteiger partial charge in [0.25, 0.3) is 0 Å². The highest BCUT2D eigenvalue weighted by Crippen LogP contribution is 2.22. The molecule has 182 valence electrons. The monoisotopic (exact) mass is 474 g/mol. The lowest BCUT2D eigenvalue weighted by atomic mass is 10.1. The maximum atomic E-state index is 13.0. The van der Waals surface area contributed by atoms with Crippen molar-refractivity contribution in [3.05, 3.63) is 90.5 Å². The molecule has 0 aliphatic heterocycles. The van der Waals surface area contributed by atoms with Crippen molar-refractivity contribution in [2.24, 2.45) is 0 Å².